The number of ether oxygens (including phenoxy) is 4. The van der Waals surface area contributed by atoms with Gasteiger partial charge in [0.2, 0.25) is 0 Å². The standard InChI is InChI=1S/C13H24O10/c1-4-6(15)8(17)9(18)13(21-4)23-11-7(16)5(3-14)22-12(20-2)10(11)19/h4-19H,3H2,1-2H3/t4-,5-,6+,7-,8+,9-,10-,11+,12?,13?/m1/s1. The summed E-state index contributed by atoms with van der Waals surface area (Å²) in [6.07, 6.45) is -13.0. The van der Waals surface area contributed by atoms with Crippen LogP contribution in [0, 0.1) is 0 Å². The van der Waals surface area contributed by atoms with Crippen molar-refractivity contribution in [3.05, 3.63) is 0 Å². The van der Waals surface area contributed by atoms with Crippen LogP contribution in [-0.4, -0.2) is 106 Å². The van der Waals surface area contributed by atoms with Crippen molar-refractivity contribution in [1.29, 1.82) is 0 Å². The van der Waals surface area contributed by atoms with Crippen LogP contribution in [0.1, 0.15) is 6.92 Å². The van der Waals surface area contributed by atoms with Gasteiger partial charge in [0.15, 0.2) is 12.6 Å². The van der Waals surface area contributed by atoms with Crippen molar-refractivity contribution in [2.45, 2.75) is 68.3 Å². The molecule has 2 unspecified atom stereocenters. The predicted molar refractivity (Wildman–Crippen MR) is 72.0 cm³/mol. The lowest BCUT2D eigenvalue weighted by Gasteiger charge is -2.45. The van der Waals surface area contributed by atoms with Gasteiger partial charge in [-0.25, -0.2) is 0 Å². The first-order valence-corrected chi connectivity index (χ1v) is 7.32. The molecule has 0 radical (unpaired) electrons. The van der Waals surface area contributed by atoms with Crippen LogP contribution >= 0.6 is 0 Å². The average molecular weight is 340 g/mol. The maximum Gasteiger partial charge on any atom is 0.187 e. The van der Waals surface area contributed by atoms with Crippen molar-refractivity contribution in [1.82, 2.24) is 0 Å². The molecule has 0 aromatic rings. The molecule has 2 rings (SSSR count). The van der Waals surface area contributed by atoms with E-state index in [1.165, 1.54) is 14.0 Å². The maximum absolute atomic E-state index is 10.1. The van der Waals surface area contributed by atoms with Crippen LogP contribution in [0.5, 0.6) is 0 Å². The van der Waals surface area contributed by atoms with E-state index < -0.39 is 68.0 Å². The average Bonchev–Trinajstić information content (AvgIpc) is 2.54. The number of hydrogen-bond acceptors (Lipinski definition) is 10. The van der Waals surface area contributed by atoms with Crippen LogP contribution in [0.15, 0.2) is 0 Å². The minimum Gasteiger partial charge on any atom is -0.394 e. The Morgan fingerprint density at radius 1 is 0.826 bits per heavy atom. The van der Waals surface area contributed by atoms with Crippen molar-refractivity contribution in [2.24, 2.45) is 0 Å². The number of methoxy groups -OCH3 is 1. The first-order valence-electron chi connectivity index (χ1n) is 7.32. The predicted octanol–water partition coefficient (Wildman–Crippen LogP) is -3.72. The quantitative estimate of drug-likeness (QED) is 0.300. The minimum atomic E-state index is -1.59. The molecule has 2 saturated heterocycles. The van der Waals surface area contributed by atoms with Gasteiger partial charge in [0, 0.05) is 7.11 Å². The SMILES string of the molecule is COC1O[C@H](CO)[C@@H](O)[C@H](OC2O[C@H](C)[C@H](O)[C@H](O)[C@H]2O)[C@H]1O. The van der Waals surface area contributed by atoms with Gasteiger partial charge in [0.1, 0.15) is 42.7 Å². The zero-order chi connectivity index (χ0) is 17.3. The van der Waals surface area contributed by atoms with Gasteiger partial charge >= 0.3 is 0 Å². The third-order valence-electron chi connectivity index (χ3n) is 4.15. The molecule has 0 saturated carbocycles. The van der Waals surface area contributed by atoms with Gasteiger partial charge in [-0.05, 0) is 6.92 Å². The summed E-state index contributed by atoms with van der Waals surface area (Å²) in [6, 6.07) is 0. The Bertz CT molecular complexity index is 366. The first-order chi connectivity index (χ1) is 10.8. The summed E-state index contributed by atoms with van der Waals surface area (Å²) < 4.78 is 20.8. The molecule has 6 N–H and O–H groups in total. The molecule has 2 aliphatic rings. The number of aliphatic hydroxyl groups is 6. The molecule has 0 amide bonds. The van der Waals surface area contributed by atoms with E-state index in [2.05, 4.69) is 0 Å². The van der Waals surface area contributed by atoms with Crippen LogP contribution in [0.3, 0.4) is 0 Å². The first kappa shape index (κ1) is 18.9. The molecule has 0 aliphatic carbocycles. The lowest BCUT2D eigenvalue weighted by Crippen LogP contribution is -2.64. The number of rotatable bonds is 4. The topological polar surface area (TPSA) is 158 Å². The second kappa shape index (κ2) is 7.66. The largest absolute Gasteiger partial charge is 0.394 e. The Kier molecular flexibility index (Phi) is 6.30. The maximum atomic E-state index is 10.1. The lowest BCUT2D eigenvalue weighted by molar-refractivity contribution is -0.355. The molecule has 136 valence electrons. The fourth-order valence-corrected chi connectivity index (χ4v) is 2.69. The zero-order valence-corrected chi connectivity index (χ0v) is 12.8. The van der Waals surface area contributed by atoms with E-state index in [-0.39, 0.29) is 0 Å². The highest BCUT2D eigenvalue weighted by Gasteiger charge is 2.50. The van der Waals surface area contributed by atoms with Gasteiger partial charge in [0.25, 0.3) is 0 Å². The Morgan fingerprint density at radius 2 is 1.48 bits per heavy atom. The van der Waals surface area contributed by atoms with E-state index in [4.69, 9.17) is 18.9 Å². The number of hydrogen-bond donors (Lipinski definition) is 6. The zero-order valence-electron chi connectivity index (χ0n) is 12.8. The summed E-state index contributed by atoms with van der Waals surface area (Å²) in [4.78, 5) is 0. The van der Waals surface area contributed by atoms with Crippen LogP contribution in [-0.2, 0) is 18.9 Å². The Balaban J connectivity index is 2.12. The minimum absolute atomic E-state index is 0.542. The smallest absolute Gasteiger partial charge is 0.187 e. The third-order valence-corrected chi connectivity index (χ3v) is 4.15. The van der Waals surface area contributed by atoms with Crippen molar-refractivity contribution >= 4 is 0 Å². The van der Waals surface area contributed by atoms with E-state index in [1.807, 2.05) is 0 Å². The lowest BCUT2D eigenvalue weighted by atomic mass is 9.97. The van der Waals surface area contributed by atoms with Crippen LogP contribution in [0.4, 0.5) is 0 Å². The molecule has 2 fully saturated rings. The second-order valence-corrected chi connectivity index (χ2v) is 5.72. The molecule has 23 heavy (non-hydrogen) atoms. The highest BCUT2D eigenvalue weighted by molar-refractivity contribution is 4.93. The molecule has 10 nitrogen and oxygen atoms in total. The fraction of sp³-hybridized carbons (Fsp3) is 1.00. The van der Waals surface area contributed by atoms with E-state index >= 15 is 0 Å². The van der Waals surface area contributed by atoms with Crippen molar-refractivity contribution in [3.63, 3.8) is 0 Å². The fourth-order valence-electron chi connectivity index (χ4n) is 2.69. The van der Waals surface area contributed by atoms with E-state index in [0.717, 1.165) is 0 Å². The molecular weight excluding hydrogens is 316 g/mol. The summed E-state index contributed by atoms with van der Waals surface area (Å²) in [7, 11) is 1.27. The van der Waals surface area contributed by atoms with E-state index in [9.17, 15) is 30.6 Å². The van der Waals surface area contributed by atoms with Gasteiger partial charge in [-0.3, -0.25) is 0 Å². The van der Waals surface area contributed by atoms with Crippen molar-refractivity contribution in [2.75, 3.05) is 13.7 Å². The molecular formula is C13H24O10. The Hall–Kier alpha value is -0.400. The normalized spacial score (nSPS) is 51.7. The molecule has 0 bridgehead atoms. The third kappa shape index (κ3) is 3.66. The van der Waals surface area contributed by atoms with E-state index in [1.54, 1.807) is 0 Å². The summed E-state index contributed by atoms with van der Waals surface area (Å²) >= 11 is 0. The highest BCUT2D eigenvalue weighted by atomic mass is 16.7. The Morgan fingerprint density at radius 3 is 2.04 bits per heavy atom. The molecule has 0 aromatic heterocycles. The molecule has 10 heteroatoms. The van der Waals surface area contributed by atoms with Gasteiger partial charge < -0.3 is 49.6 Å². The summed E-state index contributed by atoms with van der Waals surface area (Å²) in [6.45, 7) is 0.931. The van der Waals surface area contributed by atoms with Crippen LogP contribution in [0.2, 0.25) is 0 Å². The molecule has 0 spiro atoms. The van der Waals surface area contributed by atoms with Gasteiger partial charge in [0.05, 0.1) is 12.7 Å². The van der Waals surface area contributed by atoms with Gasteiger partial charge in [-0.15, -0.1) is 0 Å². The molecule has 0 aromatic carbocycles. The number of aliphatic hydroxyl groups excluding tert-OH is 6. The van der Waals surface area contributed by atoms with Crippen LogP contribution < -0.4 is 0 Å². The Labute approximate surface area is 132 Å². The molecule has 2 aliphatic heterocycles. The van der Waals surface area contributed by atoms with E-state index in [0.29, 0.717) is 0 Å². The van der Waals surface area contributed by atoms with Crippen molar-refractivity contribution < 1.29 is 49.6 Å². The summed E-state index contributed by atoms with van der Waals surface area (Å²) in [5.41, 5.74) is 0. The van der Waals surface area contributed by atoms with Crippen LogP contribution in [0.25, 0.3) is 0 Å². The van der Waals surface area contributed by atoms with Gasteiger partial charge in [-0.2, -0.15) is 0 Å². The molecule has 2 heterocycles. The summed E-state index contributed by atoms with van der Waals surface area (Å²) in [5, 5.41) is 58.9. The highest BCUT2D eigenvalue weighted by Crippen LogP contribution is 2.29. The van der Waals surface area contributed by atoms with Gasteiger partial charge in [-0.1, -0.05) is 0 Å². The monoisotopic (exact) mass is 340 g/mol. The summed E-state index contributed by atoms with van der Waals surface area (Å²) in [5.74, 6) is 0. The van der Waals surface area contributed by atoms with Crippen molar-refractivity contribution in [3.8, 4) is 0 Å². The molecule has 10 atom stereocenters. The second-order valence-electron chi connectivity index (χ2n) is 5.72.